The van der Waals surface area contributed by atoms with E-state index in [1.54, 1.807) is 6.08 Å². The lowest BCUT2D eigenvalue weighted by Gasteiger charge is -2.36. The number of aromatic nitrogens is 2. The van der Waals surface area contributed by atoms with Gasteiger partial charge in [-0.3, -0.25) is 4.79 Å². The molecule has 4 rings (SSSR count). The zero-order valence-corrected chi connectivity index (χ0v) is 22.1. The molecule has 0 N–H and O–H groups in total. The Morgan fingerprint density at radius 3 is 2.25 bits per heavy atom. The Kier molecular flexibility index (Phi) is 8.60. The number of para-hydroxylation sites is 1. The SMILES string of the molecule is CCN1CCN(c2c(CN(CC(C)C)C(=O)/C=C/c3ccccc3)c(C)nn2-c2ccccc2)CC1. The van der Waals surface area contributed by atoms with E-state index in [2.05, 4.69) is 54.3 Å². The summed E-state index contributed by atoms with van der Waals surface area (Å²) in [5.41, 5.74) is 4.18. The number of carbonyl (C=O) groups excluding carboxylic acids is 1. The summed E-state index contributed by atoms with van der Waals surface area (Å²) in [6, 6.07) is 20.3. The summed E-state index contributed by atoms with van der Waals surface area (Å²) in [4.78, 5) is 20.3. The van der Waals surface area contributed by atoms with E-state index in [1.807, 2.05) is 59.5 Å². The molecule has 2 heterocycles. The van der Waals surface area contributed by atoms with Crippen molar-refractivity contribution in [1.29, 1.82) is 0 Å². The minimum atomic E-state index is 0.0289. The van der Waals surface area contributed by atoms with Gasteiger partial charge in [0.2, 0.25) is 5.91 Å². The predicted octanol–water partition coefficient (Wildman–Crippen LogP) is 5.02. The first-order valence-electron chi connectivity index (χ1n) is 13.1. The lowest BCUT2D eigenvalue weighted by molar-refractivity contribution is -0.127. The number of piperazine rings is 1. The van der Waals surface area contributed by atoms with Crippen LogP contribution in [-0.4, -0.2) is 64.8 Å². The topological polar surface area (TPSA) is 44.6 Å². The number of hydrogen-bond acceptors (Lipinski definition) is 4. The van der Waals surface area contributed by atoms with Gasteiger partial charge < -0.3 is 14.7 Å². The molecule has 6 heteroatoms. The Hall–Kier alpha value is -3.38. The molecule has 3 aromatic rings. The monoisotopic (exact) mass is 485 g/mol. The average Bonchev–Trinajstić information content (AvgIpc) is 3.23. The van der Waals surface area contributed by atoms with Crippen LogP contribution in [0.3, 0.4) is 0 Å². The van der Waals surface area contributed by atoms with Crippen LogP contribution in [0.15, 0.2) is 66.7 Å². The number of carbonyl (C=O) groups is 1. The van der Waals surface area contributed by atoms with Crippen molar-refractivity contribution in [2.75, 3.05) is 44.2 Å². The fourth-order valence-corrected chi connectivity index (χ4v) is 4.78. The minimum Gasteiger partial charge on any atom is -0.354 e. The molecular formula is C30H39N5O. The largest absolute Gasteiger partial charge is 0.354 e. The number of hydrogen-bond donors (Lipinski definition) is 0. The van der Waals surface area contributed by atoms with Crippen molar-refractivity contribution in [3.63, 3.8) is 0 Å². The first-order chi connectivity index (χ1) is 17.5. The Bertz CT molecular complexity index is 1140. The van der Waals surface area contributed by atoms with Crippen molar-refractivity contribution >= 4 is 17.8 Å². The maximum atomic E-state index is 13.4. The van der Waals surface area contributed by atoms with E-state index in [-0.39, 0.29) is 5.91 Å². The highest BCUT2D eigenvalue weighted by Gasteiger charge is 2.27. The number of aryl methyl sites for hydroxylation is 1. The van der Waals surface area contributed by atoms with Crippen LogP contribution in [0.4, 0.5) is 5.82 Å². The molecule has 1 amide bonds. The zero-order chi connectivity index (χ0) is 25.5. The third-order valence-corrected chi connectivity index (χ3v) is 6.74. The van der Waals surface area contributed by atoms with Gasteiger partial charge in [0.1, 0.15) is 5.82 Å². The van der Waals surface area contributed by atoms with Crippen LogP contribution < -0.4 is 4.90 Å². The maximum absolute atomic E-state index is 13.4. The van der Waals surface area contributed by atoms with E-state index in [1.165, 1.54) is 0 Å². The van der Waals surface area contributed by atoms with Gasteiger partial charge in [-0.25, -0.2) is 4.68 Å². The van der Waals surface area contributed by atoms with Crippen molar-refractivity contribution in [1.82, 2.24) is 19.6 Å². The van der Waals surface area contributed by atoms with Gasteiger partial charge in [0, 0.05) is 44.4 Å². The van der Waals surface area contributed by atoms with Crippen molar-refractivity contribution in [2.45, 2.75) is 34.2 Å². The van der Waals surface area contributed by atoms with E-state index in [9.17, 15) is 4.79 Å². The summed E-state index contributed by atoms with van der Waals surface area (Å²) in [6.07, 6.45) is 3.61. The van der Waals surface area contributed by atoms with Gasteiger partial charge in [0.15, 0.2) is 0 Å². The van der Waals surface area contributed by atoms with E-state index in [0.717, 1.165) is 61.0 Å². The first kappa shape index (κ1) is 25.7. The summed E-state index contributed by atoms with van der Waals surface area (Å²) < 4.78 is 2.07. The molecule has 6 nitrogen and oxygen atoms in total. The van der Waals surface area contributed by atoms with Crippen molar-refractivity contribution in [3.8, 4) is 5.69 Å². The van der Waals surface area contributed by atoms with E-state index >= 15 is 0 Å². The second kappa shape index (κ2) is 12.0. The second-order valence-electron chi connectivity index (χ2n) is 9.91. The maximum Gasteiger partial charge on any atom is 0.246 e. The normalized spacial score (nSPS) is 14.6. The van der Waals surface area contributed by atoms with Gasteiger partial charge in [-0.2, -0.15) is 5.10 Å². The summed E-state index contributed by atoms with van der Waals surface area (Å²) >= 11 is 0. The van der Waals surface area contributed by atoms with Crippen LogP contribution in [0.25, 0.3) is 11.8 Å². The third kappa shape index (κ3) is 6.24. The van der Waals surface area contributed by atoms with Crippen molar-refractivity contribution in [2.24, 2.45) is 5.92 Å². The molecule has 36 heavy (non-hydrogen) atoms. The Balaban J connectivity index is 1.68. The highest BCUT2D eigenvalue weighted by molar-refractivity contribution is 5.91. The average molecular weight is 486 g/mol. The highest BCUT2D eigenvalue weighted by atomic mass is 16.2. The number of rotatable bonds is 9. The standard InChI is InChI=1S/C30H39N5O/c1-5-32-18-20-33(21-19-32)30-28(25(4)31-35(30)27-14-10-7-11-15-27)23-34(22-24(2)3)29(36)17-16-26-12-8-6-9-13-26/h6-17,24H,5,18-23H2,1-4H3/b17-16+. The fourth-order valence-electron chi connectivity index (χ4n) is 4.78. The second-order valence-corrected chi connectivity index (χ2v) is 9.91. The summed E-state index contributed by atoms with van der Waals surface area (Å²) in [5, 5.41) is 4.99. The summed E-state index contributed by atoms with van der Waals surface area (Å²) in [7, 11) is 0. The van der Waals surface area contributed by atoms with Crippen molar-refractivity contribution in [3.05, 3.63) is 83.6 Å². The molecule has 0 aliphatic carbocycles. The quantitative estimate of drug-likeness (QED) is 0.399. The summed E-state index contributed by atoms with van der Waals surface area (Å²) in [5.74, 6) is 1.50. The minimum absolute atomic E-state index is 0.0289. The van der Waals surface area contributed by atoms with E-state index in [4.69, 9.17) is 5.10 Å². The summed E-state index contributed by atoms with van der Waals surface area (Å²) in [6.45, 7) is 14.9. The molecule has 1 aliphatic rings. The van der Waals surface area contributed by atoms with Gasteiger partial charge in [0.25, 0.3) is 0 Å². The predicted molar refractivity (Wildman–Crippen MR) is 148 cm³/mol. The molecule has 0 spiro atoms. The van der Waals surface area contributed by atoms with Gasteiger partial charge in [-0.05, 0) is 43.2 Å². The Morgan fingerprint density at radius 1 is 1.00 bits per heavy atom. The smallest absolute Gasteiger partial charge is 0.246 e. The Labute approximate surface area is 215 Å². The molecule has 0 bridgehead atoms. The molecule has 0 saturated carbocycles. The molecule has 0 atom stereocenters. The number of anilines is 1. The molecule has 190 valence electrons. The molecular weight excluding hydrogens is 446 g/mol. The Morgan fingerprint density at radius 2 is 1.64 bits per heavy atom. The number of amides is 1. The van der Waals surface area contributed by atoms with E-state index < -0.39 is 0 Å². The lowest BCUT2D eigenvalue weighted by Crippen LogP contribution is -2.47. The number of likely N-dealkylation sites (N-methyl/N-ethyl adjacent to an activating group) is 1. The van der Waals surface area contributed by atoms with Crippen LogP contribution in [0.2, 0.25) is 0 Å². The van der Waals surface area contributed by atoms with Gasteiger partial charge in [0.05, 0.1) is 17.9 Å². The highest BCUT2D eigenvalue weighted by Crippen LogP contribution is 2.30. The van der Waals surface area contributed by atoms with E-state index in [0.29, 0.717) is 19.0 Å². The van der Waals surface area contributed by atoms with Crippen LogP contribution in [-0.2, 0) is 11.3 Å². The van der Waals surface area contributed by atoms with Gasteiger partial charge in [-0.1, -0.05) is 69.3 Å². The fraction of sp³-hybridized carbons (Fsp3) is 0.400. The van der Waals surface area contributed by atoms with Crippen LogP contribution in [0.1, 0.15) is 37.6 Å². The molecule has 1 aliphatic heterocycles. The van der Waals surface area contributed by atoms with Crippen molar-refractivity contribution < 1.29 is 4.79 Å². The molecule has 0 radical (unpaired) electrons. The van der Waals surface area contributed by atoms with Gasteiger partial charge in [-0.15, -0.1) is 0 Å². The first-order valence-corrected chi connectivity index (χ1v) is 13.1. The van der Waals surface area contributed by atoms with Gasteiger partial charge >= 0.3 is 0 Å². The van der Waals surface area contributed by atoms with Crippen LogP contribution >= 0.6 is 0 Å². The zero-order valence-electron chi connectivity index (χ0n) is 22.1. The molecule has 0 unspecified atom stereocenters. The molecule has 2 aromatic carbocycles. The third-order valence-electron chi connectivity index (χ3n) is 6.74. The molecule has 1 saturated heterocycles. The number of benzene rings is 2. The molecule has 1 fully saturated rings. The number of nitrogens with zero attached hydrogens (tertiary/aromatic N) is 5. The van der Waals surface area contributed by atoms with Crippen LogP contribution in [0.5, 0.6) is 0 Å². The molecule has 1 aromatic heterocycles. The lowest BCUT2D eigenvalue weighted by atomic mass is 10.1. The van der Waals surface area contributed by atoms with Crippen LogP contribution in [0, 0.1) is 12.8 Å².